The minimum Gasteiger partial charge on any atom is -0.337 e. The Morgan fingerprint density at radius 3 is 2.28 bits per heavy atom. The van der Waals surface area contributed by atoms with Gasteiger partial charge in [-0.05, 0) is 24.3 Å². The second-order valence-corrected chi connectivity index (χ2v) is 6.99. The van der Waals surface area contributed by atoms with Crippen LogP contribution in [0.4, 0.5) is 30.7 Å². The van der Waals surface area contributed by atoms with Gasteiger partial charge in [0, 0.05) is 30.4 Å². The first-order chi connectivity index (χ1) is 14.8. The Balaban J connectivity index is 1.99. The molecule has 0 radical (unpaired) electrons. The number of amides is 1. The van der Waals surface area contributed by atoms with Crippen molar-refractivity contribution in [1.82, 2.24) is 19.7 Å². The number of benzene rings is 1. The molecular weight excluding hydrogens is 469 g/mol. The van der Waals surface area contributed by atoms with E-state index in [2.05, 4.69) is 10.1 Å². The van der Waals surface area contributed by atoms with Gasteiger partial charge in [0.05, 0.1) is 17.3 Å². The molecule has 0 spiro atoms. The molecule has 0 saturated heterocycles. The maximum Gasteiger partial charge on any atom is 0.434 e. The summed E-state index contributed by atoms with van der Waals surface area (Å²) in [6, 6.07) is 4.99. The molecule has 0 aliphatic heterocycles. The molecule has 1 aromatic carbocycles. The number of halogens is 8. The van der Waals surface area contributed by atoms with Crippen molar-refractivity contribution < 1.29 is 35.5 Å². The van der Waals surface area contributed by atoms with Crippen molar-refractivity contribution in [3.8, 4) is 5.82 Å². The molecule has 32 heavy (non-hydrogen) atoms. The third kappa shape index (κ3) is 4.69. The molecule has 0 N–H and O–H groups in total. The summed E-state index contributed by atoms with van der Waals surface area (Å²) in [4.78, 5) is 16.9. The van der Waals surface area contributed by atoms with Crippen molar-refractivity contribution in [2.24, 2.45) is 0 Å². The molecule has 5 nitrogen and oxygen atoms in total. The molecule has 2 heterocycles. The van der Waals surface area contributed by atoms with Crippen molar-refractivity contribution in [2.75, 3.05) is 7.05 Å². The monoisotopic (exact) mass is 480 g/mol. The van der Waals surface area contributed by atoms with E-state index in [0.29, 0.717) is 24.5 Å². The second-order valence-electron chi connectivity index (χ2n) is 6.58. The number of nitrogens with zero attached hydrogens (tertiary/aromatic N) is 4. The molecule has 0 saturated carbocycles. The predicted molar refractivity (Wildman–Crippen MR) is 98.6 cm³/mol. The van der Waals surface area contributed by atoms with Gasteiger partial charge in [0.15, 0.2) is 11.5 Å². The number of aromatic nitrogens is 3. The number of hydrogen-bond donors (Lipinski definition) is 0. The summed E-state index contributed by atoms with van der Waals surface area (Å²) in [5, 5.41) is 3.47. The van der Waals surface area contributed by atoms with Crippen LogP contribution >= 0.6 is 11.6 Å². The number of rotatable bonds is 4. The van der Waals surface area contributed by atoms with Crippen LogP contribution in [0.5, 0.6) is 0 Å². The lowest BCUT2D eigenvalue weighted by Crippen LogP contribution is -2.29. The van der Waals surface area contributed by atoms with Crippen molar-refractivity contribution in [3.05, 3.63) is 75.9 Å². The Hall–Kier alpha value is -3.15. The first kappa shape index (κ1) is 23.5. The zero-order chi connectivity index (χ0) is 23.8. The van der Waals surface area contributed by atoms with Crippen LogP contribution in [-0.2, 0) is 18.9 Å². The first-order valence-corrected chi connectivity index (χ1v) is 9.05. The van der Waals surface area contributed by atoms with E-state index >= 15 is 0 Å². The maximum absolute atomic E-state index is 14.0. The minimum atomic E-state index is -5.11. The Labute approximate surface area is 181 Å². The van der Waals surface area contributed by atoms with Gasteiger partial charge < -0.3 is 4.90 Å². The average molecular weight is 481 g/mol. The smallest absolute Gasteiger partial charge is 0.337 e. The molecule has 0 atom stereocenters. The highest BCUT2D eigenvalue weighted by atomic mass is 35.5. The van der Waals surface area contributed by atoms with Crippen LogP contribution in [-0.4, -0.2) is 32.6 Å². The molecule has 2 aromatic heterocycles. The number of hydrogen-bond acceptors (Lipinski definition) is 3. The molecule has 0 unspecified atom stereocenters. The minimum absolute atomic E-state index is 0.0228. The van der Waals surface area contributed by atoms with Crippen LogP contribution in [0.3, 0.4) is 0 Å². The van der Waals surface area contributed by atoms with Crippen molar-refractivity contribution in [2.45, 2.75) is 18.9 Å². The standard InChI is InChI=1S/C19H12ClF7N4O/c1-30(9-12-13(20)3-2-4-14(12)21)17(32)11-8-29-31(16(11)19(25,26)27)15-6-5-10(7-28-15)18(22,23)24/h2-8H,9H2,1H3. The lowest BCUT2D eigenvalue weighted by Gasteiger charge is -2.19. The Bertz CT molecular complexity index is 1120. The van der Waals surface area contributed by atoms with Gasteiger partial charge in [-0.2, -0.15) is 31.4 Å². The number of carbonyl (C=O) groups excluding carboxylic acids is 1. The number of carbonyl (C=O) groups is 1. The highest BCUT2D eigenvalue weighted by Crippen LogP contribution is 2.35. The summed E-state index contributed by atoms with van der Waals surface area (Å²) in [6.07, 6.45) is -8.88. The Kier molecular flexibility index (Phi) is 6.18. The molecule has 0 aliphatic carbocycles. The van der Waals surface area contributed by atoms with Crippen molar-refractivity contribution in [3.63, 3.8) is 0 Å². The molecule has 13 heteroatoms. The normalized spacial score (nSPS) is 12.2. The lowest BCUT2D eigenvalue weighted by atomic mass is 10.1. The Morgan fingerprint density at radius 1 is 1.06 bits per heavy atom. The first-order valence-electron chi connectivity index (χ1n) is 8.68. The van der Waals surface area contributed by atoms with Gasteiger partial charge in [-0.1, -0.05) is 17.7 Å². The third-order valence-corrected chi connectivity index (χ3v) is 4.72. The highest BCUT2D eigenvalue weighted by molar-refractivity contribution is 6.31. The quantitative estimate of drug-likeness (QED) is 0.472. The van der Waals surface area contributed by atoms with Crippen molar-refractivity contribution in [1.29, 1.82) is 0 Å². The van der Waals surface area contributed by atoms with Gasteiger partial charge in [-0.3, -0.25) is 4.79 Å². The molecule has 0 fully saturated rings. The fourth-order valence-electron chi connectivity index (χ4n) is 2.83. The SMILES string of the molecule is CN(Cc1c(F)cccc1Cl)C(=O)c1cnn(-c2ccc(C(F)(F)F)cn2)c1C(F)(F)F. The van der Waals surface area contributed by atoms with Gasteiger partial charge in [0.2, 0.25) is 0 Å². The van der Waals surface area contributed by atoms with E-state index in [9.17, 15) is 35.5 Å². The predicted octanol–water partition coefficient (Wildman–Crippen LogP) is 5.37. The van der Waals surface area contributed by atoms with E-state index in [1.54, 1.807) is 0 Å². The van der Waals surface area contributed by atoms with Crippen LogP contribution < -0.4 is 0 Å². The molecule has 170 valence electrons. The van der Waals surface area contributed by atoms with Gasteiger partial charge in [0.25, 0.3) is 5.91 Å². The fourth-order valence-corrected chi connectivity index (χ4v) is 3.05. The summed E-state index contributed by atoms with van der Waals surface area (Å²) in [6.45, 7) is -0.439. The van der Waals surface area contributed by atoms with Crippen LogP contribution in [0.25, 0.3) is 5.82 Å². The molecule has 3 aromatic rings. The summed E-state index contributed by atoms with van der Waals surface area (Å²) in [5.41, 5.74) is -3.70. The van der Waals surface area contributed by atoms with Crippen molar-refractivity contribution >= 4 is 17.5 Å². The number of alkyl halides is 6. The van der Waals surface area contributed by atoms with Crippen LogP contribution in [0.1, 0.15) is 27.2 Å². The summed E-state index contributed by atoms with van der Waals surface area (Å²) >= 11 is 5.89. The van der Waals surface area contributed by atoms with Crippen LogP contribution in [0.15, 0.2) is 42.7 Å². The molecule has 3 rings (SSSR count). The molecular formula is C19H12ClF7N4O. The van der Waals surface area contributed by atoms with Gasteiger partial charge >= 0.3 is 12.4 Å². The van der Waals surface area contributed by atoms with E-state index in [-0.39, 0.29) is 15.3 Å². The zero-order valence-electron chi connectivity index (χ0n) is 16.0. The van der Waals surface area contributed by atoms with Gasteiger partial charge in [-0.15, -0.1) is 0 Å². The van der Waals surface area contributed by atoms with Gasteiger partial charge in [-0.25, -0.2) is 14.1 Å². The Morgan fingerprint density at radius 2 is 1.75 bits per heavy atom. The number of pyridine rings is 1. The molecule has 1 amide bonds. The average Bonchev–Trinajstić information content (AvgIpc) is 3.15. The zero-order valence-corrected chi connectivity index (χ0v) is 16.7. The lowest BCUT2D eigenvalue weighted by molar-refractivity contribution is -0.143. The van der Waals surface area contributed by atoms with E-state index in [1.807, 2.05) is 0 Å². The van der Waals surface area contributed by atoms with Crippen LogP contribution in [0, 0.1) is 5.82 Å². The highest BCUT2D eigenvalue weighted by Gasteiger charge is 2.41. The van der Waals surface area contributed by atoms with E-state index in [0.717, 1.165) is 18.0 Å². The van der Waals surface area contributed by atoms with E-state index in [4.69, 9.17) is 11.6 Å². The van der Waals surface area contributed by atoms with E-state index < -0.39 is 53.3 Å². The third-order valence-electron chi connectivity index (χ3n) is 4.36. The van der Waals surface area contributed by atoms with E-state index in [1.165, 1.54) is 12.1 Å². The van der Waals surface area contributed by atoms with Crippen LogP contribution in [0.2, 0.25) is 5.02 Å². The molecule has 0 aliphatic rings. The largest absolute Gasteiger partial charge is 0.434 e. The maximum atomic E-state index is 14.0. The second kappa shape index (κ2) is 8.41. The molecule has 0 bridgehead atoms. The summed E-state index contributed by atoms with van der Waals surface area (Å²) in [7, 11) is 1.14. The summed E-state index contributed by atoms with van der Waals surface area (Å²) < 4.78 is 93.6. The van der Waals surface area contributed by atoms with Gasteiger partial charge in [0.1, 0.15) is 5.82 Å². The summed E-state index contributed by atoms with van der Waals surface area (Å²) in [5.74, 6) is -2.49. The topological polar surface area (TPSA) is 51.0 Å². The fraction of sp³-hybridized carbons (Fsp3) is 0.211.